The summed E-state index contributed by atoms with van der Waals surface area (Å²) in [4.78, 5) is 66.1. The maximum Gasteiger partial charge on any atom is 0.490 e. The van der Waals surface area contributed by atoms with Crippen molar-refractivity contribution in [2.75, 3.05) is 13.1 Å². The summed E-state index contributed by atoms with van der Waals surface area (Å²) in [5.74, 6) is -3.64. The van der Waals surface area contributed by atoms with E-state index >= 15 is 0 Å². The van der Waals surface area contributed by atoms with Gasteiger partial charge in [-0.3, -0.25) is 24.0 Å². The fourth-order valence-corrected chi connectivity index (χ4v) is 5.55. The van der Waals surface area contributed by atoms with E-state index in [4.69, 9.17) is 22.9 Å². The Bertz CT molecular complexity index is 1480. The average Bonchev–Trinajstić information content (AvgIpc) is 3.14. The van der Waals surface area contributed by atoms with Crippen LogP contribution in [0.4, 0.5) is 0 Å². The zero-order valence-electron chi connectivity index (χ0n) is 31.7. The van der Waals surface area contributed by atoms with E-state index in [2.05, 4.69) is 57.8 Å². The third kappa shape index (κ3) is 15.9. The monoisotopic (exact) mass is 753 g/mol. The number of unbranched alkanes of at least 4 members (excludes halogenated alkanes) is 2. The molecule has 17 heteroatoms. The Morgan fingerprint density at radius 1 is 0.648 bits per heavy atom. The highest BCUT2D eigenvalue weighted by Crippen LogP contribution is 2.21. The standard InChI is InChI=1S/C37H60BN9O7/c1-4-5-9-24-12-14-25(15-13-24)26-16-18-27(19-17-26)32(48)43-28(10-6-7-20-39)33(49)44-29(11-8-21-40)34(50)46-31(41)36(52)45-30(22-23(2)3)35(51)47-37(42)38(53)54/h12-19,23,28-31,37,53-54H,4-11,20-22,39-42H2,1-3H3,(H,43,48)(H,44,49)(H,45,52)(H,46,50)(H,47,51)/t28-,29-,30-,31+,37+/m0/s1. The highest BCUT2D eigenvalue weighted by atomic mass is 16.4. The van der Waals surface area contributed by atoms with E-state index in [9.17, 15) is 34.0 Å². The van der Waals surface area contributed by atoms with Crippen molar-refractivity contribution in [3.8, 4) is 11.1 Å². The molecule has 0 aliphatic carbocycles. The molecule has 0 bridgehead atoms. The molecule has 0 saturated carbocycles. The van der Waals surface area contributed by atoms with Gasteiger partial charge in [0.2, 0.25) is 17.7 Å². The fourth-order valence-electron chi connectivity index (χ4n) is 5.55. The van der Waals surface area contributed by atoms with Gasteiger partial charge >= 0.3 is 7.12 Å². The van der Waals surface area contributed by atoms with Crippen molar-refractivity contribution < 1.29 is 34.0 Å². The van der Waals surface area contributed by atoms with E-state index < -0.39 is 67.0 Å². The molecule has 2 rings (SSSR count). The lowest BCUT2D eigenvalue weighted by atomic mass is 9.86. The molecular formula is C37H60BN9O7. The summed E-state index contributed by atoms with van der Waals surface area (Å²) in [5, 5.41) is 30.9. The first-order valence-corrected chi connectivity index (χ1v) is 18.7. The number of carbonyl (C=O) groups is 5. The minimum Gasteiger partial charge on any atom is -0.425 e. The zero-order chi connectivity index (χ0) is 40.2. The number of aryl methyl sites for hydroxylation is 1. The SMILES string of the molecule is CCCCc1ccc(-c2ccc(C(=O)N[C@@H](CCCCN)C(=O)N[C@@H](CCCN)C(=O)N[C@@H](N)C(=O)N[C@@H](CC(C)C)C(=O)N[C@@H](N)B(O)O)cc2)cc1. The maximum atomic E-state index is 13.6. The molecule has 5 atom stereocenters. The molecule has 2 aromatic carbocycles. The summed E-state index contributed by atoms with van der Waals surface area (Å²) in [7, 11) is -2.03. The van der Waals surface area contributed by atoms with Crippen LogP contribution in [0.15, 0.2) is 48.5 Å². The van der Waals surface area contributed by atoms with E-state index in [-0.39, 0.29) is 31.7 Å². The number of nitrogens with two attached hydrogens (primary N) is 4. The first kappa shape index (κ1) is 45.8. The normalized spacial score (nSPS) is 13.9. The molecule has 0 spiro atoms. The highest BCUT2D eigenvalue weighted by Gasteiger charge is 2.31. The number of carbonyl (C=O) groups excluding carboxylic acids is 5. The van der Waals surface area contributed by atoms with Gasteiger partial charge in [0.05, 0.1) is 0 Å². The number of hydrogen-bond donors (Lipinski definition) is 11. The lowest BCUT2D eigenvalue weighted by molar-refractivity contribution is -0.134. The van der Waals surface area contributed by atoms with Gasteiger partial charge in [0.1, 0.15) is 24.2 Å². The Morgan fingerprint density at radius 2 is 1.17 bits per heavy atom. The van der Waals surface area contributed by atoms with Crippen LogP contribution in [0.1, 0.15) is 88.1 Å². The maximum absolute atomic E-state index is 13.6. The molecule has 0 fully saturated rings. The van der Waals surface area contributed by atoms with Crippen molar-refractivity contribution in [3.05, 3.63) is 59.7 Å². The molecule has 2 aromatic rings. The number of nitrogens with one attached hydrogen (secondary N) is 5. The highest BCUT2D eigenvalue weighted by molar-refractivity contribution is 6.43. The molecule has 0 aliphatic rings. The third-order valence-corrected chi connectivity index (χ3v) is 8.70. The molecule has 0 aromatic heterocycles. The van der Waals surface area contributed by atoms with Crippen LogP contribution >= 0.6 is 0 Å². The molecular weight excluding hydrogens is 693 g/mol. The van der Waals surface area contributed by atoms with Crippen LogP contribution in [0.2, 0.25) is 0 Å². The minimum atomic E-state index is -2.03. The van der Waals surface area contributed by atoms with Crippen molar-refractivity contribution in [2.45, 2.75) is 109 Å². The second kappa shape index (κ2) is 24.1. The summed E-state index contributed by atoms with van der Waals surface area (Å²) in [6.07, 6.45) is 3.63. The summed E-state index contributed by atoms with van der Waals surface area (Å²) >= 11 is 0. The van der Waals surface area contributed by atoms with Crippen LogP contribution in [-0.2, 0) is 25.6 Å². The van der Waals surface area contributed by atoms with Crippen LogP contribution in [-0.4, -0.2) is 90.1 Å². The van der Waals surface area contributed by atoms with Crippen LogP contribution in [0.3, 0.4) is 0 Å². The number of benzene rings is 2. The number of hydrogen-bond acceptors (Lipinski definition) is 11. The Balaban J connectivity index is 2.14. The first-order valence-electron chi connectivity index (χ1n) is 18.7. The Kier molecular flexibility index (Phi) is 20.4. The number of amides is 5. The molecule has 0 aliphatic heterocycles. The lowest BCUT2D eigenvalue weighted by Gasteiger charge is -2.26. The van der Waals surface area contributed by atoms with Crippen LogP contribution in [0.25, 0.3) is 11.1 Å². The second-order valence-electron chi connectivity index (χ2n) is 13.8. The van der Waals surface area contributed by atoms with E-state index in [1.165, 1.54) is 5.56 Å². The smallest absolute Gasteiger partial charge is 0.425 e. The topological polar surface area (TPSA) is 290 Å². The van der Waals surface area contributed by atoms with Gasteiger partial charge in [0.25, 0.3) is 11.8 Å². The molecule has 0 radical (unpaired) electrons. The van der Waals surface area contributed by atoms with Crippen LogP contribution in [0, 0.1) is 5.92 Å². The van der Waals surface area contributed by atoms with Gasteiger partial charge in [-0.1, -0.05) is 63.6 Å². The zero-order valence-corrected chi connectivity index (χ0v) is 31.7. The molecule has 16 nitrogen and oxygen atoms in total. The molecule has 15 N–H and O–H groups in total. The van der Waals surface area contributed by atoms with Gasteiger partial charge in [-0.2, -0.15) is 0 Å². The molecule has 0 heterocycles. The number of rotatable bonds is 24. The Labute approximate surface area is 318 Å². The molecule has 0 unspecified atom stereocenters. The molecule has 54 heavy (non-hydrogen) atoms. The van der Waals surface area contributed by atoms with Crippen molar-refractivity contribution in [1.29, 1.82) is 0 Å². The predicted molar refractivity (Wildman–Crippen MR) is 209 cm³/mol. The van der Waals surface area contributed by atoms with Gasteiger partial charge in [-0.05, 0) is 99.2 Å². The van der Waals surface area contributed by atoms with Crippen LogP contribution in [0.5, 0.6) is 0 Å². The van der Waals surface area contributed by atoms with Gasteiger partial charge in [-0.25, -0.2) is 0 Å². The summed E-state index contributed by atoms with van der Waals surface area (Å²) < 4.78 is 0. The fraction of sp³-hybridized carbons (Fsp3) is 0.541. The van der Waals surface area contributed by atoms with E-state index in [1.54, 1.807) is 26.0 Å². The summed E-state index contributed by atoms with van der Waals surface area (Å²) in [5.41, 5.74) is 26.5. The van der Waals surface area contributed by atoms with Crippen molar-refractivity contribution in [3.63, 3.8) is 0 Å². The van der Waals surface area contributed by atoms with Gasteiger partial charge in [0, 0.05) is 5.56 Å². The van der Waals surface area contributed by atoms with Crippen molar-refractivity contribution in [1.82, 2.24) is 26.6 Å². The molecule has 5 amide bonds. The summed E-state index contributed by atoms with van der Waals surface area (Å²) in [6.45, 7) is 6.36. The first-order chi connectivity index (χ1) is 25.7. The lowest BCUT2D eigenvalue weighted by Crippen LogP contribution is -2.62. The molecule has 298 valence electrons. The third-order valence-electron chi connectivity index (χ3n) is 8.70. The Hall–Kier alpha value is -4.39. The van der Waals surface area contributed by atoms with Gasteiger partial charge in [-0.15, -0.1) is 0 Å². The second-order valence-corrected chi connectivity index (χ2v) is 13.8. The van der Waals surface area contributed by atoms with Crippen molar-refractivity contribution in [2.24, 2.45) is 28.9 Å². The van der Waals surface area contributed by atoms with Gasteiger partial charge < -0.3 is 59.6 Å². The van der Waals surface area contributed by atoms with E-state index in [0.717, 1.165) is 30.4 Å². The largest absolute Gasteiger partial charge is 0.490 e. The quantitative estimate of drug-likeness (QED) is 0.0369. The average molecular weight is 754 g/mol. The molecule has 0 saturated heterocycles. The van der Waals surface area contributed by atoms with Crippen LogP contribution < -0.4 is 49.5 Å². The minimum absolute atomic E-state index is 0.0753. The van der Waals surface area contributed by atoms with Gasteiger partial charge in [0.15, 0.2) is 6.17 Å². The Morgan fingerprint density at radius 3 is 1.72 bits per heavy atom. The van der Waals surface area contributed by atoms with Crippen molar-refractivity contribution >= 4 is 36.7 Å². The van der Waals surface area contributed by atoms with E-state index in [0.29, 0.717) is 31.4 Å². The predicted octanol–water partition coefficient (Wildman–Crippen LogP) is -0.508. The van der Waals surface area contributed by atoms with E-state index in [1.807, 2.05) is 12.1 Å². The summed E-state index contributed by atoms with van der Waals surface area (Å²) in [6, 6.07) is 10.6.